The van der Waals surface area contributed by atoms with Gasteiger partial charge in [0.25, 0.3) is 0 Å². The van der Waals surface area contributed by atoms with Crippen LogP contribution in [0.2, 0.25) is 0 Å². The normalized spacial score (nSPS) is 11.3. The minimum absolute atomic E-state index is 0.547. The van der Waals surface area contributed by atoms with Crippen molar-refractivity contribution in [2.75, 3.05) is 14.2 Å². The van der Waals surface area contributed by atoms with Crippen molar-refractivity contribution in [2.24, 2.45) is 0 Å². The van der Waals surface area contributed by atoms with E-state index in [0.29, 0.717) is 19.3 Å². The number of para-hydroxylation sites is 2. The summed E-state index contributed by atoms with van der Waals surface area (Å²) in [4.78, 5) is 0. The lowest BCUT2D eigenvalue weighted by Crippen LogP contribution is -2.33. The van der Waals surface area contributed by atoms with Gasteiger partial charge in [0.1, 0.15) is 11.5 Å². The van der Waals surface area contributed by atoms with E-state index in [-0.39, 0.29) is 0 Å². The highest BCUT2D eigenvalue weighted by molar-refractivity contribution is 5.37. The molecule has 0 aliphatic carbocycles. The third-order valence-corrected chi connectivity index (χ3v) is 4.08. The SMILES string of the molecule is CCC(O)(Cc1ccccc1OC)Cc1ccccc1OC. The highest BCUT2D eigenvalue weighted by Crippen LogP contribution is 2.30. The first kappa shape index (κ1) is 16.4. The lowest BCUT2D eigenvalue weighted by molar-refractivity contribution is 0.0357. The average Bonchev–Trinajstić information content (AvgIpc) is 2.56. The quantitative estimate of drug-likeness (QED) is 0.848. The minimum Gasteiger partial charge on any atom is -0.496 e. The van der Waals surface area contributed by atoms with Gasteiger partial charge in [-0.15, -0.1) is 0 Å². The van der Waals surface area contributed by atoms with E-state index in [4.69, 9.17) is 9.47 Å². The van der Waals surface area contributed by atoms with E-state index < -0.39 is 5.60 Å². The molecule has 0 saturated heterocycles. The number of benzene rings is 2. The van der Waals surface area contributed by atoms with Gasteiger partial charge in [-0.3, -0.25) is 0 Å². The monoisotopic (exact) mass is 300 g/mol. The first-order valence-corrected chi connectivity index (χ1v) is 7.58. The number of hydrogen-bond donors (Lipinski definition) is 1. The maximum atomic E-state index is 11.1. The zero-order valence-electron chi connectivity index (χ0n) is 13.5. The Kier molecular flexibility index (Phi) is 5.45. The molecular weight excluding hydrogens is 276 g/mol. The molecule has 0 aliphatic heterocycles. The molecule has 0 saturated carbocycles. The predicted molar refractivity (Wildman–Crippen MR) is 88.6 cm³/mol. The van der Waals surface area contributed by atoms with Crippen molar-refractivity contribution < 1.29 is 14.6 Å². The van der Waals surface area contributed by atoms with Crippen LogP contribution in [0.5, 0.6) is 11.5 Å². The molecule has 0 bridgehead atoms. The van der Waals surface area contributed by atoms with Crippen molar-refractivity contribution in [2.45, 2.75) is 31.8 Å². The second-order valence-electron chi connectivity index (χ2n) is 5.56. The Morgan fingerprint density at radius 1 is 0.818 bits per heavy atom. The molecule has 0 unspecified atom stereocenters. The molecular formula is C19H24O3. The van der Waals surface area contributed by atoms with Gasteiger partial charge in [-0.25, -0.2) is 0 Å². The summed E-state index contributed by atoms with van der Waals surface area (Å²) in [5.41, 5.74) is 1.21. The zero-order chi connectivity index (χ0) is 16.0. The zero-order valence-corrected chi connectivity index (χ0v) is 13.5. The van der Waals surface area contributed by atoms with E-state index in [0.717, 1.165) is 22.6 Å². The largest absolute Gasteiger partial charge is 0.496 e. The van der Waals surface area contributed by atoms with Gasteiger partial charge in [0.15, 0.2) is 0 Å². The van der Waals surface area contributed by atoms with Crippen LogP contribution in [0.3, 0.4) is 0 Å². The Hall–Kier alpha value is -2.00. The van der Waals surface area contributed by atoms with E-state index in [9.17, 15) is 5.11 Å². The lowest BCUT2D eigenvalue weighted by atomic mass is 9.85. The van der Waals surface area contributed by atoms with Crippen molar-refractivity contribution >= 4 is 0 Å². The average molecular weight is 300 g/mol. The summed E-state index contributed by atoms with van der Waals surface area (Å²) < 4.78 is 10.8. The highest BCUT2D eigenvalue weighted by atomic mass is 16.5. The molecule has 0 atom stereocenters. The standard InChI is InChI=1S/C19H24O3/c1-4-19(20,13-15-9-5-7-11-17(15)21-2)14-16-10-6-8-12-18(16)22-3/h5-12,20H,4,13-14H2,1-3H3. The lowest BCUT2D eigenvalue weighted by Gasteiger charge is -2.28. The summed E-state index contributed by atoms with van der Waals surface area (Å²) in [5, 5.41) is 11.1. The molecule has 0 heterocycles. The van der Waals surface area contributed by atoms with Gasteiger partial charge in [-0.2, -0.15) is 0 Å². The summed E-state index contributed by atoms with van der Waals surface area (Å²) in [6, 6.07) is 15.7. The van der Waals surface area contributed by atoms with Crippen LogP contribution in [-0.4, -0.2) is 24.9 Å². The molecule has 3 nitrogen and oxygen atoms in total. The summed E-state index contributed by atoms with van der Waals surface area (Å²) in [6.07, 6.45) is 1.75. The molecule has 2 aromatic carbocycles. The van der Waals surface area contributed by atoms with E-state index in [1.54, 1.807) is 14.2 Å². The maximum Gasteiger partial charge on any atom is 0.122 e. The second kappa shape index (κ2) is 7.32. The van der Waals surface area contributed by atoms with E-state index in [2.05, 4.69) is 0 Å². The number of aliphatic hydroxyl groups is 1. The fraction of sp³-hybridized carbons (Fsp3) is 0.368. The molecule has 118 valence electrons. The third kappa shape index (κ3) is 3.80. The van der Waals surface area contributed by atoms with Gasteiger partial charge in [-0.1, -0.05) is 43.3 Å². The molecule has 1 N–H and O–H groups in total. The van der Waals surface area contributed by atoms with E-state index >= 15 is 0 Å². The summed E-state index contributed by atoms with van der Waals surface area (Å²) in [5.74, 6) is 1.63. The van der Waals surface area contributed by atoms with Gasteiger partial charge < -0.3 is 14.6 Å². The summed E-state index contributed by atoms with van der Waals surface area (Å²) in [6.45, 7) is 2.00. The molecule has 22 heavy (non-hydrogen) atoms. The van der Waals surface area contributed by atoms with Gasteiger partial charge in [0.2, 0.25) is 0 Å². The van der Waals surface area contributed by atoms with Gasteiger partial charge in [0, 0.05) is 12.8 Å². The van der Waals surface area contributed by atoms with Gasteiger partial charge >= 0.3 is 0 Å². The molecule has 2 rings (SSSR count). The van der Waals surface area contributed by atoms with E-state index in [1.165, 1.54) is 0 Å². The Morgan fingerprint density at radius 3 is 1.59 bits per heavy atom. The topological polar surface area (TPSA) is 38.7 Å². The fourth-order valence-electron chi connectivity index (χ4n) is 2.72. The highest BCUT2D eigenvalue weighted by Gasteiger charge is 2.28. The third-order valence-electron chi connectivity index (χ3n) is 4.08. The van der Waals surface area contributed by atoms with Crippen LogP contribution < -0.4 is 9.47 Å². The molecule has 3 heteroatoms. The molecule has 0 aromatic heterocycles. The van der Waals surface area contributed by atoms with Crippen LogP contribution in [0.4, 0.5) is 0 Å². The Bertz CT molecular complexity index is 558. The first-order chi connectivity index (χ1) is 10.6. The molecule has 0 radical (unpaired) electrons. The predicted octanol–water partition coefficient (Wildman–Crippen LogP) is 3.63. The van der Waals surface area contributed by atoms with Gasteiger partial charge in [-0.05, 0) is 29.7 Å². The summed E-state index contributed by atoms with van der Waals surface area (Å²) >= 11 is 0. The van der Waals surface area contributed by atoms with Crippen LogP contribution in [0.25, 0.3) is 0 Å². The van der Waals surface area contributed by atoms with Crippen molar-refractivity contribution in [3.8, 4) is 11.5 Å². The van der Waals surface area contributed by atoms with Crippen LogP contribution in [0.15, 0.2) is 48.5 Å². The Labute approximate surface area is 132 Å². The fourth-order valence-corrected chi connectivity index (χ4v) is 2.72. The Morgan fingerprint density at radius 2 is 1.23 bits per heavy atom. The van der Waals surface area contributed by atoms with Crippen molar-refractivity contribution in [3.05, 3.63) is 59.7 Å². The molecule has 0 aliphatic rings. The molecule has 2 aromatic rings. The first-order valence-electron chi connectivity index (χ1n) is 7.58. The van der Waals surface area contributed by atoms with Gasteiger partial charge in [0.05, 0.1) is 19.8 Å². The molecule has 0 spiro atoms. The van der Waals surface area contributed by atoms with Crippen molar-refractivity contribution in [1.82, 2.24) is 0 Å². The number of ether oxygens (including phenoxy) is 2. The van der Waals surface area contributed by atoms with Crippen molar-refractivity contribution in [3.63, 3.8) is 0 Å². The minimum atomic E-state index is -0.830. The summed E-state index contributed by atoms with van der Waals surface area (Å²) in [7, 11) is 3.31. The molecule has 0 amide bonds. The number of methoxy groups -OCH3 is 2. The smallest absolute Gasteiger partial charge is 0.122 e. The number of rotatable bonds is 7. The van der Waals surface area contributed by atoms with Crippen LogP contribution in [0, 0.1) is 0 Å². The van der Waals surface area contributed by atoms with Crippen LogP contribution >= 0.6 is 0 Å². The maximum absolute atomic E-state index is 11.1. The Balaban J connectivity index is 2.25. The second-order valence-corrected chi connectivity index (χ2v) is 5.56. The number of hydrogen-bond acceptors (Lipinski definition) is 3. The molecule has 0 fully saturated rings. The van der Waals surface area contributed by atoms with Crippen LogP contribution in [-0.2, 0) is 12.8 Å². The van der Waals surface area contributed by atoms with E-state index in [1.807, 2.05) is 55.5 Å². The van der Waals surface area contributed by atoms with Crippen molar-refractivity contribution in [1.29, 1.82) is 0 Å². The van der Waals surface area contributed by atoms with Crippen LogP contribution in [0.1, 0.15) is 24.5 Å².